The fourth-order valence-electron chi connectivity index (χ4n) is 4.75. The Bertz CT molecular complexity index is 1000. The normalized spacial score (nSPS) is 30.4. The quantitative estimate of drug-likeness (QED) is 0.211. The molecule has 13 nitrogen and oxygen atoms in total. The first-order chi connectivity index (χ1) is 14.2. The molecule has 0 saturated carbocycles. The number of piperidine rings is 2. The number of nitrogens with one attached hydrogen (secondary N) is 1. The lowest BCUT2D eigenvalue weighted by Gasteiger charge is -2.63. The zero-order valence-corrected chi connectivity index (χ0v) is 16.4. The molecule has 2 atom stereocenters. The van der Waals surface area contributed by atoms with Gasteiger partial charge in [0.05, 0.1) is 17.6 Å². The third kappa shape index (κ3) is 2.91. The molecule has 4 rings (SSSR count). The van der Waals surface area contributed by atoms with Crippen molar-refractivity contribution in [1.29, 1.82) is 0 Å². The lowest BCUT2D eigenvalue weighted by atomic mass is 9.71. The van der Waals surface area contributed by atoms with E-state index in [-0.39, 0.29) is 29.9 Å². The highest BCUT2D eigenvalue weighted by molar-refractivity contribution is 6.05. The number of nitrogens with zero attached hydrogens (tertiary/aromatic N) is 3. The molecule has 2 aliphatic heterocycles. The molecule has 2 aliphatic rings. The summed E-state index contributed by atoms with van der Waals surface area (Å²) in [4.78, 5) is 13.2. The third-order valence-corrected chi connectivity index (χ3v) is 6.23. The van der Waals surface area contributed by atoms with Crippen LogP contribution < -0.4 is 5.32 Å². The Hall–Kier alpha value is -2.20. The minimum atomic E-state index is -3.66. The number of hydrogen-bond donors (Lipinski definition) is 9. The highest BCUT2D eigenvalue weighted by Crippen LogP contribution is 2.49. The highest BCUT2D eigenvalue weighted by Gasteiger charge is 2.77. The smallest absolute Gasteiger partial charge is 0.346 e. The number of aryl methyl sites for hydroxylation is 1. The Morgan fingerprint density at radius 2 is 1.61 bits per heavy atom. The number of carbonyl (C=O) groups is 1. The van der Waals surface area contributed by atoms with E-state index in [1.54, 1.807) is 31.3 Å². The molecule has 2 aromatic rings. The van der Waals surface area contributed by atoms with Crippen molar-refractivity contribution in [1.82, 2.24) is 20.0 Å². The predicted molar refractivity (Wildman–Crippen MR) is 100 cm³/mol. The predicted octanol–water partition coefficient (Wildman–Crippen LogP) is -3.82. The van der Waals surface area contributed by atoms with Crippen LogP contribution in [0.2, 0.25) is 0 Å². The largest absolute Gasteiger partial charge is 0.362 e. The number of amides is 1. The van der Waals surface area contributed by atoms with Gasteiger partial charge in [0.15, 0.2) is 5.69 Å². The van der Waals surface area contributed by atoms with Crippen LogP contribution in [0.15, 0.2) is 24.3 Å². The number of para-hydroxylation sites is 1. The van der Waals surface area contributed by atoms with Crippen molar-refractivity contribution in [2.75, 3.05) is 0 Å². The van der Waals surface area contributed by atoms with Gasteiger partial charge in [-0.1, -0.05) is 18.2 Å². The second kappa shape index (κ2) is 6.65. The topological polar surface area (TPSA) is 212 Å². The number of aliphatic hydroxyl groups is 8. The van der Waals surface area contributed by atoms with Crippen molar-refractivity contribution in [3.8, 4) is 0 Å². The van der Waals surface area contributed by atoms with Crippen molar-refractivity contribution >= 4 is 16.8 Å². The van der Waals surface area contributed by atoms with Gasteiger partial charge in [0.25, 0.3) is 11.6 Å². The Labute approximate surface area is 175 Å². The van der Waals surface area contributed by atoms with Gasteiger partial charge in [0, 0.05) is 12.4 Å². The van der Waals surface area contributed by atoms with E-state index in [9.17, 15) is 45.6 Å². The van der Waals surface area contributed by atoms with E-state index in [0.717, 1.165) is 0 Å². The molecule has 13 heteroatoms. The molecule has 31 heavy (non-hydrogen) atoms. The van der Waals surface area contributed by atoms with E-state index in [2.05, 4.69) is 5.10 Å². The lowest BCUT2D eigenvalue weighted by molar-refractivity contribution is -0.504. The van der Waals surface area contributed by atoms with Crippen LogP contribution in [-0.4, -0.2) is 96.9 Å². The van der Waals surface area contributed by atoms with Crippen LogP contribution in [0.1, 0.15) is 29.8 Å². The Balaban J connectivity index is 1.79. The second-order valence-electron chi connectivity index (χ2n) is 8.08. The summed E-state index contributed by atoms with van der Waals surface area (Å²) in [5.41, 5.74) is -3.17. The minimum Gasteiger partial charge on any atom is -0.362 e. The Morgan fingerprint density at radius 3 is 2.16 bits per heavy atom. The Morgan fingerprint density at radius 1 is 1.06 bits per heavy atom. The molecule has 1 aromatic heterocycles. The summed E-state index contributed by atoms with van der Waals surface area (Å²) in [5, 5.41) is 89.4. The van der Waals surface area contributed by atoms with Crippen LogP contribution >= 0.6 is 0 Å². The number of carbonyl (C=O) groups excluding carboxylic acids is 1. The van der Waals surface area contributed by atoms with Crippen LogP contribution in [0.3, 0.4) is 0 Å². The van der Waals surface area contributed by atoms with Crippen LogP contribution in [0.5, 0.6) is 0 Å². The molecule has 3 heterocycles. The van der Waals surface area contributed by atoms with E-state index in [1.807, 2.05) is 5.32 Å². The van der Waals surface area contributed by atoms with Gasteiger partial charge in [-0.2, -0.15) is 5.10 Å². The van der Waals surface area contributed by atoms with E-state index in [1.165, 1.54) is 4.68 Å². The zero-order chi connectivity index (χ0) is 23.0. The number of fused-ring (bicyclic) bond motifs is 3. The fraction of sp³-hybridized carbons (Fsp3) is 0.556. The summed E-state index contributed by atoms with van der Waals surface area (Å²) < 4.78 is 1.37. The summed E-state index contributed by atoms with van der Waals surface area (Å²) in [6.45, 7) is 0. The van der Waals surface area contributed by atoms with E-state index in [4.69, 9.17) is 0 Å². The van der Waals surface area contributed by atoms with Gasteiger partial charge < -0.3 is 46.2 Å². The first-order valence-electron chi connectivity index (χ1n) is 9.55. The van der Waals surface area contributed by atoms with Gasteiger partial charge in [0.2, 0.25) is 11.6 Å². The number of aromatic nitrogens is 2. The maximum Gasteiger partial charge on any atom is 0.346 e. The summed E-state index contributed by atoms with van der Waals surface area (Å²) in [5.74, 6) is -8.21. The van der Waals surface area contributed by atoms with Gasteiger partial charge in [0.1, 0.15) is 0 Å². The van der Waals surface area contributed by atoms with Crippen LogP contribution in [0, 0.1) is 0 Å². The van der Waals surface area contributed by atoms with E-state index >= 15 is 0 Å². The summed E-state index contributed by atoms with van der Waals surface area (Å²) in [6, 6.07) is 3.00. The SMILES string of the molecule is Cn1nc(C(=O)NC2(O)C(O)(O)C3CCCC(N3C(O)(O)O)C2(O)O)c2ccccc21. The van der Waals surface area contributed by atoms with Crippen LogP contribution in [0.25, 0.3) is 10.9 Å². The first kappa shape index (κ1) is 22.0. The number of benzene rings is 1. The monoisotopic (exact) mass is 440 g/mol. The summed E-state index contributed by atoms with van der Waals surface area (Å²) in [7, 11) is 1.56. The van der Waals surface area contributed by atoms with Crippen molar-refractivity contribution < 1.29 is 45.6 Å². The van der Waals surface area contributed by atoms with Gasteiger partial charge in [-0.05, 0) is 25.3 Å². The first-order valence-corrected chi connectivity index (χ1v) is 9.55. The second-order valence-corrected chi connectivity index (χ2v) is 8.08. The number of hydrogen-bond acceptors (Lipinski definition) is 11. The van der Waals surface area contributed by atoms with Gasteiger partial charge in [-0.3, -0.25) is 9.48 Å². The summed E-state index contributed by atoms with van der Waals surface area (Å²) >= 11 is 0. The van der Waals surface area contributed by atoms with Crippen molar-refractivity contribution in [2.45, 2.75) is 54.7 Å². The average Bonchev–Trinajstić information content (AvgIpc) is 3.02. The molecule has 9 N–H and O–H groups in total. The van der Waals surface area contributed by atoms with Crippen LogP contribution in [0.4, 0.5) is 0 Å². The van der Waals surface area contributed by atoms with E-state index < -0.39 is 41.4 Å². The standard InChI is InChI=1S/C18H24N4O9/c1-21-10-6-3-2-5-9(10)13(20-21)14(23)19-17(28)15(24,25)11-7-4-8-12(16(17,26)27)22(11)18(29,30)31/h2-3,5-6,11-12,24-31H,4,7-8H2,1H3,(H,19,23). The van der Waals surface area contributed by atoms with Gasteiger partial charge in [-0.15, -0.1) is 0 Å². The molecule has 1 amide bonds. The molecule has 1 aromatic carbocycles. The molecule has 0 aliphatic carbocycles. The molecule has 0 spiro atoms. The molecule has 0 radical (unpaired) electrons. The fourth-order valence-corrected chi connectivity index (χ4v) is 4.75. The number of rotatable bonds is 3. The maximum absolute atomic E-state index is 13.0. The molecule has 2 bridgehead atoms. The molecular formula is C18H24N4O9. The van der Waals surface area contributed by atoms with E-state index in [0.29, 0.717) is 10.9 Å². The third-order valence-electron chi connectivity index (χ3n) is 6.23. The molecule has 170 valence electrons. The Kier molecular flexibility index (Phi) is 4.72. The van der Waals surface area contributed by atoms with Crippen molar-refractivity contribution in [3.05, 3.63) is 30.0 Å². The maximum atomic E-state index is 13.0. The van der Waals surface area contributed by atoms with Crippen molar-refractivity contribution in [2.24, 2.45) is 7.05 Å². The van der Waals surface area contributed by atoms with Gasteiger partial charge >= 0.3 is 6.10 Å². The minimum absolute atomic E-state index is 0.169. The molecule has 2 unspecified atom stereocenters. The van der Waals surface area contributed by atoms with Gasteiger partial charge in [-0.25, -0.2) is 4.90 Å². The average molecular weight is 440 g/mol. The van der Waals surface area contributed by atoms with Crippen LogP contribution in [-0.2, 0) is 7.05 Å². The zero-order valence-electron chi connectivity index (χ0n) is 16.4. The lowest BCUT2D eigenvalue weighted by Crippen LogP contribution is -2.91. The molecule has 2 saturated heterocycles. The highest BCUT2D eigenvalue weighted by atomic mass is 16.7. The summed E-state index contributed by atoms with van der Waals surface area (Å²) in [6.07, 6.45) is -3.87. The molecule has 2 fully saturated rings. The van der Waals surface area contributed by atoms with Crippen molar-refractivity contribution in [3.63, 3.8) is 0 Å². The molecular weight excluding hydrogens is 416 g/mol.